The summed E-state index contributed by atoms with van der Waals surface area (Å²) in [6, 6.07) is 8.74. The van der Waals surface area contributed by atoms with Crippen molar-refractivity contribution in [1.82, 2.24) is 9.80 Å². The molecule has 2 heterocycles. The summed E-state index contributed by atoms with van der Waals surface area (Å²) in [5, 5.41) is 3.14. The third-order valence-corrected chi connectivity index (χ3v) is 5.08. The van der Waals surface area contributed by atoms with Crippen molar-refractivity contribution in [2.75, 3.05) is 31.5 Å². The third-order valence-electron chi connectivity index (χ3n) is 5.08. The van der Waals surface area contributed by atoms with Gasteiger partial charge in [-0.25, -0.2) is 4.79 Å². The van der Waals surface area contributed by atoms with Crippen LogP contribution >= 0.6 is 0 Å². The Morgan fingerprint density at radius 3 is 2.52 bits per heavy atom. The second kappa shape index (κ2) is 6.52. The molecule has 2 amide bonds. The molecule has 1 aromatic carbocycles. The first-order chi connectivity index (χ1) is 10.9. The van der Waals surface area contributed by atoms with E-state index in [2.05, 4.69) is 37.1 Å². The number of carbonyl (C=O) groups is 1. The highest BCUT2D eigenvalue weighted by Gasteiger charge is 2.32. The SMILES string of the molecule is CC(C)(C)c1ccccc1NC(=O)N1CC[C@@H](N2CCCC2)C1. The Labute approximate surface area is 139 Å². The molecule has 2 fully saturated rings. The summed E-state index contributed by atoms with van der Waals surface area (Å²) in [6.45, 7) is 10.7. The molecule has 0 spiro atoms. The van der Waals surface area contributed by atoms with Crippen molar-refractivity contribution >= 4 is 11.7 Å². The number of anilines is 1. The van der Waals surface area contributed by atoms with Gasteiger partial charge in [0.2, 0.25) is 0 Å². The first kappa shape index (κ1) is 16.3. The smallest absolute Gasteiger partial charge is 0.321 e. The van der Waals surface area contributed by atoms with Crippen LogP contribution in [-0.4, -0.2) is 48.1 Å². The number of para-hydroxylation sites is 1. The maximum Gasteiger partial charge on any atom is 0.321 e. The first-order valence-electron chi connectivity index (χ1n) is 8.84. The van der Waals surface area contributed by atoms with Gasteiger partial charge in [-0.05, 0) is 49.4 Å². The lowest BCUT2D eigenvalue weighted by atomic mass is 9.86. The monoisotopic (exact) mass is 315 g/mol. The molecule has 0 bridgehead atoms. The fourth-order valence-electron chi connectivity index (χ4n) is 3.77. The van der Waals surface area contributed by atoms with Crippen molar-refractivity contribution in [2.45, 2.75) is 51.5 Å². The van der Waals surface area contributed by atoms with Crippen LogP contribution in [0.1, 0.15) is 45.6 Å². The Morgan fingerprint density at radius 2 is 1.83 bits per heavy atom. The van der Waals surface area contributed by atoms with E-state index in [1.165, 1.54) is 31.5 Å². The molecular formula is C19H29N3O. The summed E-state index contributed by atoms with van der Waals surface area (Å²) in [6.07, 6.45) is 3.72. The zero-order valence-electron chi connectivity index (χ0n) is 14.6. The molecule has 126 valence electrons. The van der Waals surface area contributed by atoms with E-state index in [9.17, 15) is 4.79 Å². The van der Waals surface area contributed by atoms with E-state index in [0.29, 0.717) is 6.04 Å². The number of hydrogen-bond acceptors (Lipinski definition) is 2. The minimum absolute atomic E-state index is 0.0208. The topological polar surface area (TPSA) is 35.6 Å². The Kier molecular flexibility index (Phi) is 4.62. The van der Waals surface area contributed by atoms with E-state index in [4.69, 9.17) is 0 Å². The van der Waals surface area contributed by atoms with Crippen LogP contribution in [0.3, 0.4) is 0 Å². The predicted molar refractivity (Wildman–Crippen MR) is 94.9 cm³/mol. The number of carbonyl (C=O) groups excluding carboxylic acids is 1. The van der Waals surface area contributed by atoms with Gasteiger partial charge in [0.15, 0.2) is 0 Å². The lowest BCUT2D eigenvalue weighted by Crippen LogP contribution is -2.38. The average Bonchev–Trinajstić information content (AvgIpc) is 3.18. The highest BCUT2D eigenvalue weighted by Crippen LogP contribution is 2.30. The van der Waals surface area contributed by atoms with Gasteiger partial charge in [-0.3, -0.25) is 4.90 Å². The normalized spacial score (nSPS) is 22.6. The van der Waals surface area contributed by atoms with E-state index in [1.807, 2.05) is 23.1 Å². The summed E-state index contributed by atoms with van der Waals surface area (Å²) in [4.78, 5) is 17.2. The van der Waals surface area contributed by atoms with E-state index in [0.717, 1.165) is 25.2 Å². The number of nitrogens with zero attached hydrogens (tertiary/aromatic N) is 2. The van der Waals surface area contributed by atoms with Gasteiger partial charge in [-0.2, -0.15) is 0 Å². The van der Waals surface area contributed by atoms with E-state index < -0.39 is 0 Å². The summed E-state index contributed by atoms with van der Waals surface area (Å²) >= 11 is 0. The number of nitrogens with one attached hydrogen (secondary N) is 1. The van der Waals surface area contributed by atoms with Crippen LogP contribution < -0.4 is 5.32 Å². The standard InChI is InChI=1S/C19H29N3O/c1-19(2,3)16-8-4-5-9-17(16)20-18(23)22-13-10-15(14-22)21-11-6-7-12-21/h4-5,8-9,15H,6-7,10-14H2,1-3H3,(H,20,23)/t15-/m1/s1. The molecule has 1 aromatic rings. The molecule has 0 saturated carbocycles. The van der Waals surface area contributed by atoms with Crippen LogP contribution in [0.25, 0.3) is 0 Å². The Bertz CT molecular complexity index is 558. The number of rotatable bonds is 2. The minimum atomic E-state index is 0.0208. The van der Waals surface area contributed by atoms with Crippen LogP contribution in [0.4, 0.5) is 10.5 Å². The molecule has 2 saturated heterocycles. The molecule has 2 aliphatic heterocycles. The predicted octanol–water partition coefficient (Wildman–Crippen LogP) is 3.69. The highest BCUT2D eigenvalue weighted by atomic mass is 16.2. The van der Waals surface area contributed by atoms with Gasteiger partial charge in [-0.15, -0.1) is 0 Å². The zero-order chi connectivity index (χ0) is 16.4. The molecule has 0 aromatic heterocycles. The van der Waals surface area contributed by atoms with Gasteiger partial charge < -0.3 is 10.2 Å². The lowest BCUT2D eigenvalue weighted by Gasteiger charge is -2.26. The van der Waals surface area contributed by atoms with Crippen molar-refractivity contribution in [3.05, 3.63) is 29.8 Å². The van der Waals surface area contributed by atoms with Crippen LogP contribution in [0.5, 0.6) is 0 Å². The van der Waals surface area contributed by atoms with E-state index in [-0.39, 0.29) is 11.4 Å². The summed E-state index contributed by atoms with van der Waals surface area (Å²) in [5.41, 5.74) is 2.14. The fourth-order valence-corrected chi connectivity index (χ4v) is 3.77. The number of hydrogen-bond donors (Lipinski definition) is 1. The largest absolute Gasteiger partial charge is 0.323 e. The quantitative estimate of drug-likeness (QED) is 0.903. The maximum atomic E-state index is 12.7. The summed E-state index contributed by atoms with van der Waals surface area (Å²) in [5.74, 6) is 0. The zero-order valence-corrected chi connectivity index (χ0v) is 14.6. The molecule has 4 heteroatoms. The number of likely N-dealkylation sites (tertiary alicyclic amines) is 2. The van der Waals surface area contributed by atoms with Crippen molar-refractivity contribution in [3.8, 4) is 0 Å². The summed E-state index contributed by atoms with van der Waals surface area (Å²) in [7, 11) is 0. The molecule has 1 atom stereocenters. The van der Waals surface area contributed by atoms with Crippen LogP contribution in [0.15, 0.2) is 24.3 Å². The van der Waals surface area contributed by atoms with Crippen molar-refractivity contribution in [1.29, 1.82) is 0 Å². The van der Waals surface area contributed by atoms with Gasteiger partial charge in [0.25, 0.3) is 0 Å². The molecule has 3 rings (SSSR count). The van der Waals surface area contributed by atoms with Crippen molar-refractivity contribution in [2.24, 2.45) is 0 Å². The first-order valence-corrected chi connectivity index (χ1v) is 8.84. The number of benzene rings is 1. The third kappa shape index (κ3) is 3.69. The molecule has 0 unspecified atom stereocenters. The van der Waals surface area contributed by atoms with Gasteiger partial charge in [0.05, 0.1) is 0 Å². The van der Waals surface area contributed by atoms with Gasteiger partial charge in [-0.1, -0.05) is 39.0 Å². The second-order valence-electron chi connectivity index (χ2n) is 7.86. The molecule has 4 nitrogen and oxygen atoms in total. The highest BCUT2D eigenvalue weighted by molar-refractivity contribution is 5.90. The molecule has 2 aliphatic rings. The van der Waals surface area contributed by atoms with Crippen molar-refractivity contribution in [3.63, 3.8) is 0 Å². The second-order valence-corrected chi connectivity index (χ2v) is 7.86. The van der Waals surface area contributed by atoms with Gasteiger partial charge >= 0.3 is 6.03 Å². The lowest BCUT2D eigenvalue weighted by molar-refractivity contribution is 0.210. The Hall–Kier alpha value is -1.55. The van der Waals surface area contributed by atoms with E-state index >= 15 is 0 Å². The molecule has 1 N–H and O–H groups in total. The van der Waals surface area contributed by atoms with Gasteiger partial charge in [0.1, 0.15) is 0 Å². The number of amides is 2. The fraction of sp³-hybridized carbons (Fsp3) is 0.632. The molecule has 0 aliphatic carbocycles. The molecular weight excluding hydrogens is 286 g/mol. The van der Waals surface area contributed by atoms with Crippen LogP contribution in [0, 0.1) is 0 Å². The molecule has 23 heavy (non-hydrogen) atoms. The van der Waals surface area contributed by atoms with Crippen LogP contribution in [-0.2, 0) is 5.41 Å². The van der Waals surface area contributed by atoms with E-state index in [1.54, 1.807) is 0 Å². The van der Waals surface area contributed by atoms with Crippen LogP contribution in [0.2, 0.25) is 0 Å². The molecule has 0 radical (unpaired) electrons. The Balaban J connectivity index is 1.64. The Morgan fingerprint density at radius 1 is 1.13 bits per heavy atom. The van der Waals surface area contributed by atoms with Gasteiger partial charge in [0, 0.05) is 24.8 Å². The van der Waals surface area contributed by atoms with Crippen molar-refractivity contribution < 1.29 is 4.79 Å². The number of urea groups is 1. The maximum absolute atomic E-state index is 12.7. The average molecular weight is 315 g/mol. The minimum Gasteiger partial charge on any atom is -0.323 e. The summed E-state index contributed by atoms with van der Waals surface area (Å²) < 4.78 is 0.